The second kappa shape index (κ2) is 6.70. The summed E-state index contributed by atoms with van der Waals surface area (Å²) in [6, 6.07) is 15.1. The number of aryl methyl sites for hydroxylation is 1. The van der Waals surface area contributed by atoms with Gasteiger partial charge in [-0.2, -0.15) is 0 Å². The first-order valence-electron chi connectivity index (χ1n) is 7.22. The number of hydrogen-bond donors (Lipinski definition) is 2. The molecule has 1 amide bonds. The summed E-state index contributed by atoms with van der Waals surface area (Å²) in [4.78, 5) is 20.3. The van der Waals surface area contributed by atoms with Crippen molar-refractivity contribution in [2.45, 2.75) is 6.92 Å². The average molecular weight is 304 g/mol. The van der Waals surface area contributed by atoms with Crippen molar-refractivity contribution in [3.63, 3.8) is 0 Å². The third kappa shape index (κ3) is 3.91. The number of anilines is 3. The molecule has 114 valence electrons. The molecule has 0 aliphatic heterocycles. The summed E-state index contributed by atoms with van der Waals surface area (Å²) < 4.78 is 0. The van der Waals surface area contributed by atoms with E-state index in [0.717, 1.165) is 5.69 Å². The van der Waals surface area contributed by atoms with E-state index in [1.165, 1.54) is 11.8 Å². The number of aromatic nitrogens is 2. The standard InChI is InChI=1S/C18H16N4O/c1-13-4-6-15(7-5-13)21-17-9-8-16(12-20-17)22-18(23)14-3-2-10-19-11-14/h2-12H,1H3,(H,20,21)(H,22,23). The van der Waals surface area contributed by atoms with E-state index in [1.54, 1.807) is 30.6 Å². The molecule has 2 heterocycles. The van der Waals surface area contributed by atoms with Gasteiger partial charge in [0.2, 0.25) is 0 Å². The predicted octanol–water partition coefficient (Wildman–Crippen LogP) is 3.78. The first-order chi connectivity index (χ1) is 11.2. The Morgan fingerprint density at radius 3 is 2.39 bits per heavy atom. The highest BCUT2D eigenvalue weighted by atomic mass is 16.1. The second-order valence-corrected chi connectivity index (χ2v) is 5.12. The lowest BCUT2D eigenvalue weighted by molar-refractivity contribution is 0.102. The van der Waals surface area contributed by atoms with E-state index >= 15 is 0 Å². The van der Waals surface area contributed by atoms with Crippen LogP contribution in [0.25, 0.3) is 0 Å². The Morgan fingerprint density at radius 1 is 0.957 bits per heavy atom. The van der Waals surface area contributed by atoms with Gasteiger partial charge in [0.25, 0.3) is 5.91 Å². The molecular weight excluding hydrogens is 288 g/mol. The van der Waals surface area contributed by atoms with E-state index in [2.05, 4.69) is 20.6 Å². The minimum atomic E-state index is -0.209. The van der Waals surface area contributed by atoms with Gasteiger partial charge in [0, 0.05) is 18.1 Å². The van der Waals surface area contributed by atoms with E-state index in [0.29, 0.717) is 17.1 Å². The van der Waals surface area contributed by atoms with Gasteiger partial charge in [-0.25, -0.2) is 4.98 Å². The Morgan fingerprint density at radius 2 is 1.74 bits per heavy atom. The summed E-state index contributed by atoms with van der Waals surface area (Å²) in [6.45, 7) is 2.04. The number of carbonyl (C=O) groups is 1. The molecular formula is C18H16N4O. The maximum atomic E-state index is 12.0. The summed E-state index contributed by atoms with van der Waals surface area (Å²) in [7, 11) is 0. The Bertz CT molecular complexity index is 784. The summed E-state index contributed by atoms with van der Waals surface area (Å²) in [5.41, 5.74) is 3.31. The third-order valence-corrected chi connectivity index (χ3v) is 3.27. The molecule has 0 atom stereocenters. The molecule has 5 heteroatoms. The van der Waals surface area contributed by atoms with Gasteiger partial charge in [0.1, 0.15) is 5.82 Å². The van der Waals surface area contributed by atoms with Crippen LogP contribution >= 0.6 is 0 Å². The van der Waals surface area contributed by atoms with Crippen molar-refractivity contribution in [2.24, 2.45) is 0 Å². The maximum Gasteiger partial charge on any atom is 0.257 e. The fourth-order valence-corrected chi connectivity index (χ4v) is 2.03. The molecule has 3 rings (SSSR count). The van der Waals surface area contributed by atoms with Crippen molar-refractivity contribution in [1.29, 1.82) is 0 Å². The maximum absolute atomic E-state index is 12.0. The molecule has 5 nitrogen and oxygen atoms in total. The highest BCUT2D eigenvalue weighted by molar-refractivity contribution is 6.03. The van der Waals surface area contributed by atoms with Crippen LogP contribution in [-0.4, -0.2) is 15.9 Å². The highest BCUT2D eigenvalue weighted by Crippen LogP contribution is 2.17. The van der Waals surface area contributed by atoms with Crippen LogP contribution in [0, 0.1) is 6.92 Å². The molecule has 3 aromatic rings. The van der Waals surface area contributed by atoms with Crippen molar-refractivity contribution in [2.75, 3.05) is 10.6 Å². The Hall–Kier alpha value is -3.21. The zero-order chi connectivity index (χ0) is 16.1. The molecule has 2 aromatic heterocycles. The van der Waals surface area contributed by atoms with E-state index in [1.807, 2.05) is 37.3 Å². The zero-order valence-corrected chi connectivity index (χ0v) is 12.7. The zero-order valence-electron chi connectivity index (χ0n) is 12.7. The van der Waals surface area contributed by atoms with Gasteiger partial charge in [-0.1, -0.05) is 17.7 Å². The normalized spacial score (nSPS) is 10.1. The quantitative estimate of drug-likeness (QED) is 0.769. The lowest BCUT2D eigenvalue weighted by Crippen LogP contribution is -2.12. The molecule has 0 aliphatic carbocycles. The second-order valence-electron chi connectivity index (χ2n) is 5.12. The molecule has 23 heavy (non-hydrogen) atoms. The number of hydrogen-bond acceptors (Lipinski definition) is 4. The van der Waals surface area contributed by atoms with Crippen molar-refractivity contribution in [1.82, 2.24) is 9.97 Å². The largest absolute Gasteiger partial charge is 0.340 e. The van der Waals surface area contributed by atoms with Crippen LogP contribution in [0.2, 0.25) is 0 Å². The third-order valence-electron chi connectivity index (χ3n) is 3.27. The fourth-order valence-electron chi connectivity index (χ4n) is 2.03. The SMILES string of the molecule is Cc1ccc(Nc2ccc(NC(=O)c3cccnc3)cn2)cc1. The van der Waals surface area contributed by atoms with Crippen LogP contribution in [0.15, 0.2) is 67.1 Å². The monoisotopic (exact) mass is 304 g/mol. The van der Waals surface area contributed by atoms with Crippen LogP contribution in [0.3, 0.4) is 0 Å². The van der Waals surface area contributed by atoms with Gasteiger partial charge in [0.15, 0.2) is 0 Å². The first kappa shape index (κ1) is 14.7. The molecule has 0 fully saturated rings. The molecule has 0 saturated carbocycles. The first-order valence-corrected chi connectivity index (χ1v) is 7.22. The van der Waals surface area contributed by atoms with Crippen molar-refractivity contribution in [3.8, 4) is 0 Å². The Kier molecular flexibility index (Phi) is 4.29. The predicted molar refractivity (Wildman–Crippen MR) is 90.9 cm³/mol. The molecule has 0 radical (unpaired) electrons. The number of nitrogens with zero attached hydrogens (tertiary/aromatic N) is 2. The topological polar surface area (TPSA) is 66.9 Å². The highest BCUT2D eigenvalue weighted by Gasteiger charge is 2.06. The lowest BCUT2D eigenvalue weighted by atomic mass is 10.2. The van der Waals surface area contributed by atoms with E-state index in [4.69, 9.17) is 0 Å². The number of benzene rings is 1. The summed E-state index contributed by atoms with van der Waals surface area (Å²) >= 11 is 0. The van der Waals surface area contributed by atoms with Crippen LogP contribution < -0.4 is 10.6 Å². The van der Waals surface area contributed by atoms with Gasteiger partial charge in [-0.05, 0) is 43.3 Å². The van der Waals surface area contributed by atoms with Crippen molar-refractivity contribution in [3.05, 3.63) is 78.2 Å². The molecule has 0 spiro atoms. The molecule has 0 bridgehead atoms. The Balaban J connectivity index is 1.65. The average Bonchev–Trinajstić information content (AvgIpc) is 2.59. The van der Waals surface area contributed by atoms with Gasteiger partial charge in [-0.3, -0.25) is 9.78 Å². The van der Waals surface area contributed by atoms with Crippen LogP contribution in [0.1, 0.15) is 15.9 Å². The summed E-state index contributed by atoms with van der Waals surface area (Å²) in [6.07, 6.45) is 4.77. The minimum Gasteiger partial charge on any atom is -0.340 e. The van der Waals surface area contributed by atoms with Crippen LogP contribution in [0.4, 0.5) is 17.2 Å². The van der Waals surface area contributed by atoms with Gasteiger partial charge < -0.3 is 10.6 Å². The van der Waals surface area contributed by atoms with Crippen LogP contribution in [0.5, 0.6) is 0 Å². The van der Waals surface area contributed by atoms with Gasteiger partial charge >= 0.3 is 0 Å². The van der Waals surface area contributed by atoms with E-state index in [-0.39, 0.29) is 5.91 Å². The van der Waals surface area contributed by atoms with Crippen LogP contribution in [-0.2, 0) is 0 Å². The molecule has 0 aliphatic rings. The Labute approximate surface area is 134 Å². The summed E-state index contributed by atoms with van der Waals surface area (Å²) in [5.74, 6) is 0.507. The smallest absolute Gasteiger partial charge is 0.257 e. The van der Waals surface area contributed by atoms with Gasteiger partial charge in [0.05, 0.1) is 17.4 Å². The lowest BCUT2D eigenvalue weighted by Gasteiger charge is -2.08. The fraction of sp³-hybridized carbons (Fsp3) is 0.0556. The number of carbonyl (C=O) groups excluding carboxylic acids is 1. The number of pyridine rings is 2. The van der Waals surface area contributed by atoms with Crippen molar-refractivity contribution >= 4 is 23.1 Å². The van der Waals surface area contributed by atoms with E-state index in [9.17, 15) is 4.79 Å². The molecule has 0 saturated heterocycles. The van der Waals surface area contributed by atoms with Gasteiger partial charge in [-0.15, -0.1) is 0 Å². The number of rotatable bonds is 4. The minimum absolute atomic E-state index is 0.209. The molecule has 0 unspecified atom stereocenters. The van der Waals surface area contributed by atoms with Crippen molar-refractivity contribution < 1.29 is 4.79 Å². The summed E-state index contributed by atoms with van der Waals surface area (Å²) in [5, 5.41) is 6.00. The van der Waals surface area contributed by atoms with E-state index < -0.39 is 0 Å². The number of amides is 1. The number of nitrogens with one attached hydrogen (secondary N) is 2. The molecule has 2 N–H and O–H groups in total. The molecule has 1 aromatic carbocycles.